The minimum atomic E-state index is -1.32. The maximum absolute atomic E-state index is 14.3. The van der Waals surface area contributed by atoms with E-state index in [-0.39, 0.29) is 34.7 Å². The van der Waals surface area contributed by atoms with Crippen molar-refractivity contribution in [1.29, 1.82) is 0 Å². The van der Waals surface area contributed by atoms with E-state index in [1.54, 1.807) is 49.4 Å². The number of fused-ring (bicyclic) bond motifs is 4. The average Bonchev–Trinajstić information content (AvgIpc) is 3.35. The number of carbonyl (C=O) groups is 4. The van der Waals surface area contributed by atoms with E-state index in [0.717, 1.165) is 16.5 Å². The number of rotatable bonds is 3. The number of nitrogens with zero attached hydrogens (tertiary/aromatic N) is 2. The molecule has 3 aromatic rings. The van der Waals surface area contributed by atoms with Crippen LogP contribution in [0.5, 0.6) is 5.75 Å². The van der Waals surface area contributed by atoms with E-state index in [4.69, 9.17) is 11.6 Å². The van der Waals surface area contributed by atoms with E-state index in [0.29, 0.717) is 17.7 Å². The summed E-state index contributed by atoms with van der Waals surface area (Å²) in [6.45, 7) is 1.72. The standard InChI is InChI=1S/C33H26ClFN2O5/c1-33-23(30(40)37(32(33)42)18-11-14-25(35)24(34)15-18)16-22-19(28(33)20-9-5-6-10-26(20)38)12-13-21-27(22)31(41)36(29(21)39)17-7-3-2-4-8-17/h2-12,14-15,21-23,27-28,38H,13,16H2,1H3/t21-,22+,23-,27-,28+,33+/m0/s1. The third-order valence-electron chi connectivity index (χ3n) is 9.70. The van der Waals surface area contributed by atoms with Crippen LogP contribution < -0.4 is 9.80 Å². The summed E-state index contributed by atoms with van der Waals surface area (Å²) in [5, 5.41) is 10.8. The van der Waals surface area contributed by atoms with Gasteiger partial charge in [-0.2, -0.15) is 0 Å². The number of benzene rings is 3. The Bertz CT molecular complexity index is 1720. The second kappa shape index (κ2) is 9.36. The molecule has 0 bridgehead atoms. The molecule has 6 atom stereocenters. The summed E-state index contributed by atoms with van der Waals surface area (Å²) >= 11 is 6.03. The number of phenols is 1. The first-order valence-electron chi connectivity index (χ1n) is 13.9. The fourth-order valence-electron chi connectivity index (χ4n) is 7.79. The van der Waals surface area contributed by atoms with Gasteiger partial charge in [0.25, 0.3) is 0 Å². The summed E-state index contributed by atoms with van der Waals surface area (Å²) in [5.74, 6) is -5.72. The number of amides is 4. The molecule has 42 heavy (non-hydrogen) atoms. The molecule has 212 valence electrons. The number of phenolic OH excluding ortho intramolecular Hbond substituents is 1. The van der Waals surface area contributed by atoms with Gasteiger partial charge in [-0.15, -0.1) is 0 Å². The number of hydrogen-bond donors (Lipinski definition) is 1. The van der Waals surface area contributed by atoms with Crippen LogP contribution in [0.3, 0.4) is 0 Å². The zero-order chi connectivity index (χ0) is 29.5. The highest BCUT2D eigenvalue weighted by molar-refractivity contribution is 6.32. The molecular weight excluding hydrogens is 559 g/mol. The van der Waals surface area contributed by atoms with Gasteiger partial charge >= 0.3 is 0 Å². The minimum Gasteiger partial charge on any atom is -0.508 e. The number of allylic oxidation sites excluding steroid dienone is 2. The van der Waals surface area contributed by atoms with Gasteiger partial charge in [-0.3, -0.25) is 24.1 Å². The van der Waals surface area contributed by atoms with Crippen LogP contribution in [0.15, 0.2) is 84.4 Å². The zero-order valence-electron chi connectivity index (χ0n) is 22.5. The van der Waals surface area contributed by atoms with Crippen LogP contribution in [0.25, 0.3) is 0 Å². The number of anilines is 2. The van der Waals surface area contributed by atoms with Crippen molar-refractivity contribution in [2.24, 2.45) is 29.1 Å². The average molecular weight is 585 g/mol. The molecule has 4 aliphatic rings. The molecule has 7 rings (SSSR count). The van der Waals surface area contributed by atoms with Gasteiger partial charge in [-0.1, -0.05) is 59.6 Å². The van der Waals surface area contributed by atoms with Gasteiger partial charge < -0.3 is 5.11 Å². The highest BCUT2D eigenvalue weighted by Gasteiger charge is 2.68. The molecule has 0 aromatic heterocycles. The lowest BCUT2D eigenvalue weighted by Crippen LogP contribution is -2.48. The van der Waals surface area contributed by atoms with Crippen LogP contribution in [0, 0.1) is 34.9 Å². The molecule has 7 nitrogen and oxygen atoms in total. The molecule has 2 saturated heterocycles. The molecule has 1 saturated carbocycles. The first-order chi connectivity index (χ1) is 20.1. The van der Waals surface area contributed by atoms with E-state index in [1.165, 1.54) is 23.1 Å². The predicted molar refractivity (Wildman–Crippen MR) is 153 cm³/mol. The summed E-state index contributed by atoms with van der Waals surface area (Å²) in [5.41, 5.74) is 0.563. The summed E-state index contributed by atoms with van der Waals surface area (Å²) in [4.78, 5) is 58.4. The highest BCUT2D eigenvalue weighted by Crippen LogP contribution is 2.64. The number of para-hydroxylation sites is 2. The topological polar surface area (TPSA) is 95.0 Å². The van der Waals surface area contributed by atoms with Crippen molar-refractivity contribution in [3.8, 4) is 5.75 Å². The number of halogens is 2. The second-order valence-corrected chi connectivity index (χ2v) is 12.1. The first-order valence-corrected chi connectivity index (χ1v) is 14.3. The number of imide groups is 2. The largest absolute Gasteiger partial charge is 0.508 e. The summed E-state index contributed by atoms with van der Waals surface area (Å²) in [6.07, 6.45) is 2.40. The van der Waals surface area contributed by atoms with Crippen molar-refractivity contribution >= 4 is 46.6 Å². The molecular formula is C33H26ClFN2O5. The lowest BCUT2D eigenvalue weighted by molar-refractivity contribution is -0.131. The fourth-order valence-corrected chi connectivity index (χ4v) is 7.97. The molecule has 2 aliphatic carbocycles. The van der Waals surface area contributed by atoms with E-state index in [1.807, 2.05) is 12.1 Å². The van der Waals surface area contributed by atoms with Crippen molar-refractivity contribution < 1.29 is 28.7 Å². The SMILES string of the molecule is C[C@@]12C(=O)N(c3ccc(F)c(Cl)c3)C(=O)[C@@H]1C[C@@H]1C(=CC[C@@H]3C(=O)N(c4ccccc4)C(=O)[C@@H]31)[C@@H]2c1ccccc1O. The smallest absolute Gasteiger partial charge is 0.241 e. The normalized spacial score (nSPS) is 30.3. The molecule has 9 heteroatoms. The minimum absolute atomic E-state index is 0.0330. The van der Waals surface area contributed by atoms with E-state index >= 15 is 0 Å². The van der Waals surface area contributed by atoms with Gasteiger partial charge in [-0.05, 0) is 62.1 Å². The Kier molecular flexibility index (Phi) is 5.92. The monoisotopic (exact) mass is 584 g/mol. The van der Waals surface area contributed by atoms with Crippen molar-refractivity contribution in [2.75, 3.05) is 9.80 Å². The van der Waals surface area contributed by atoms with Crippen molar-refractivity contribution in [3.05, 3.63) is 101 Å². The van der Waals surface area contributed by atoms with Crippen LogP contribution in [0.1, 0.15) is 31.2 Å². The summed E-state index contributed by atoms with van der Waals surface area (Å²) in [6, 6.07) is 19.2. The van der Waals surface area contributed by atoms with Gasteiger partial charge in [0.15, 0.2) is 0 Å². The van der Waals surface area contributed by atoms with Gasteiger partial charge in [-0.25, -0.2) is 9.29 Å². The van der Waals surface area contributed by atoms with E-state index < -0.39 is 52.6 Å². The van der Waals surface area contributed by atoms with Gasteiger partial charge in [0.05, 0.1) is 39.6 Å². The van der Waals surface area contributed by atoms with Crippen LogP contribution in [0.4, 0.5) is 15.8 Å². The van der Waals surface area contributed by atoms with Crippen molar-refractivity contribution in [2.45, 2.75) is 25.7 Å². The number of aromatic hydroxyl groups is 1. The molecule has 0 unspecified atom stereocenters. The van der Waals surface area contributed by atoms with E-state index in [2.05, 4.69) is 0 Å². The van der Waals surface area contributed by atoms with Crippen LogP contribution in [0.2, 0.25) is 5.02 Å². The Morgan fingerprint density at radius 3 is 2.29 bits per heavy atom. The van der Waals surface area contributed by atoms with Gasteiger partial charge in [0, 0.05) is 11.5 Å². The maximum atomic E-state index is 14.3. The zero-order valence-corrected chi connectivity index (χ0v) is 23.3. The Hall–Kier alpha value is -4.30. The molecule has 4 amide bonds. The van der Waals surface area contributed by atoms with E-state index in [9.17, 15) is 28.7 Å². The van der Waals surface area contributed by atoms with Crippen LogP contribution in [-0.4, -0.2) is 28.7 Å². The third-order valence-corrected chi connectivity index (χ3v) is 9.99. The predicted octanol–water partition coefficient (Wildman–Crippen LogP) is 5.62. The van der Waals surface area contributed by atoms with Crippen LogP contribution >= 0.6 is 11.6 Å². The molecule has 2 heterocycles. The quantitative estimate of drug-likeness (QED) is 0.318. The molecule has 0 radical (unpaired) electrons. The molecule has 3 fully saturated rings. The molecule has 1 N–H and O–H groups in total. The number of hydrogen-bond acceptors (Lipinski definition) is 5. The maximum Gasteiger partial charge on any atom is 0.241 e. The number of carbonyl (C=O) groups excluding carboxylic acids is 4. The molecule has 2 aliphatic heterocycles. The fraction of sp³-hybridized carbons (Fsp3) is 0.273. The lowest BCUT2D eigenvalue weighted by atomic mass is 9.51. The molecule has 3 aromatic carbocycles. The van der Waals surface area contributed by atoms with Gasteiger partial charge in [0.1, 0.15) is 11.6 Å². The Labute approximate surface area is 246 Å². The van der Waals surface area contributed by atoms with Crippen LogP contribution in [-0.2, 0) is 19.2 Å². The summed E-state index contributed by atoms with van der Waals surface area (Å²) in [7, 11) is 0. The first kappa shape index (κ1) is 26.6. The van der Waals surface area contributed by atoms with Gasteiger partial charge in [0.2, 0.25) is 23.6 Å². The third kappa shape index (κ3) is 3.51. The Morgan fingerprint density at radius 2 is 1.57 bits per heavy atom. The summed E-state index contributed by atoms with van der Waals surface area (Å²) < 4.78 is 14.0. The highest BCUT2D eigenvalue weighted by atomic mass is 35.5. The van der Waals surface area contributed by atoms with Crippen molar-refractivity contribution in [1.82, 2.24) is 0 Å². The Morgan fingerprint density at radius 1 is 0.857 bits per heavy atom. The van der Waals surface area contributed by atoms with Crippen molar-refractivity contribution in [3.63, 3.8) is 0 Å². The molecule has 0 spiro atoms. The Balaban J connectivity index is 1.38. The second-order valence-electron chi connectivity index (χ2n) is 11.7. The lowest BCUT2D eigenvalue weighted by Gasteiger charge is -2.49.